The molecule has 1 fully saturated rings. The number of fused-ring (bicyclic) bond motifs is 1. The summed E-state index contributed by atoms with van der Waals surface area (Å²) in [6.07, 6.45) is 6.37. The average Bonchev–Trinajstić information content (AvgIpc) is 3.34. The van der Waals surface area contributed by atoms with E-state index >= 15 is 0 Å². The lowest BCUT2D eigenvalue weighted by Crippen LogP contribution is -2.24. The number of benzene rings is 1. The molecule has 4 rings (SSSR count). The molecule has 2 atom stereocenters. The van der Waals surface area contributed by atoms with Gasteiger partial charge in [-0.05, 0) is 30.5 Å². The zero-order valence-electron chi connectivity index (χ0n) is 14.2. The molecule has 5 heteroatoms. The molecule has 5 nitrogen and oxygen atoms in total. The quantitative estimate of drug-likeness (QED) is 0.886. The molecule has 2 aromatic rings. The van der Waals surface area contributed by atoms with Crippen molar-refractivity contribution in [3.63, 3.8) is 0 Å². The molecule has 1 aromatic heterocycles. The fourth-order valence-electron chi connectivity index (χ4n) is 3.66. The SMILES string of the molecule is CCn1cc([C@@H]2OCC[C@H]2CNCc2ccc3c(c2)CCO3)cn1. The Labute approximate surface area is 143 Å². The number of nitrogens with one attached hydrogen (secondary N) is 1. The lowest BCUT2D eigenvalue weighted by molar-refractivity contribution is 0.0904. The van der Waals surface area contributed by atoms with Crippen molar-refractivity contribution < 1.29 is 9.47 Å². The first-order valence-electron chi connectivity index (χ1n) is 8.93. The van der Waals surface area contributed by atoms with E-state index in [1.54, 1.807) is 0 Å². The van der Waals surface area contributed by atoms with Crippen molar-refractivity contribution in [1.29, 1.82) is 0 Å². The van der Waals surface area contributed by atoms with Crippen LogP contribution in [0.15, 0.2) is 30.6 Å². The fraction of sp³-hybridized carbons (Fsp3) is 0.526. The third-order valence-electron chi connectivity index (χ3n) is 5.01. The predicted molar refractivity (Wildman–Crippen MR) is 92.0 cm³/mol. The van der Waals surface area contributed by atoms with Crippen LogP contribution >= 0.6 is 0 Å². The van der Waals surface area contributed by atoms with E-state index in [0.29, 0.717) is 5.92 Å². The minimum absolute atomic E-state index is 0.172. The van der Waals surface area contributed by atoms with Crippen molar-refractivity contribution >= 4 is 0 Å². The molecule has 2 aliphatic rings. The monoisotopic (exact) mass is 327 g/mol. The molecule has 24 heavy (non-hydrogen) atoms. The molecule has 128 valence electrons. The van der Waals surface area contributed by atoms with Crippen LogP contribution in [0.5, 0.6) is 5.75 Å². The van der Waals surface area contributed by atoms with Gasteiger partial charge in [-0.15, -0.1) is 0 Å². The number of hydrogen-bond donors (Lipinski definition) is 1. The summed E-state index contributed by atoms with van der Waals surface area (Å²) >= 11 is 0. The predicted octanol–water partition coefficient (Wildman–Crippen LogP) is 2.71. The third-order valence-corrected chi connectivity index (χ3v) is 5.01. The highest BCUT2D eigenvalue weighted by molar-refractivity contribution is 5.39. The second kappa shape index (κ2) is 6.95. The second-order valence-electron chi connectivity index (χ2n) is 6.64. The molecule has 0 unspecified atom stereocenters. The maximum absolute atomic E-state index is 5.96. The minimum atomic E-state index is 0.172. The Morgan fingerprint density at radius 1 is 1.33 bits per heavy atom. The Morgan fingerprint density at radius 3 is 3.17 bits per heavy atom. The van der Waals surface area contributed by atoms with Gasteiger partial charge < -0.3 is 14.8 Å². The van der Waals surface area contributed by atoms with Gasteiger partial charge in [0.15, 0.2) is 0 Å². The van der Waals surface area contributed by atoms with Gasteiger partial charge in [0, 0.05) is 50.3 Å². The van der Waals surface area contributed by atoms with Gasteiger partial charge in [-0.1, -0.05) is 12.1 Å². The second-order valence-corrected chi connectivity index (χ2v) is 6.64. The fourth-order valence-corrected chi connectivity index (χ4v) is 3.66. The molecule has 1 saturated heterocycles. The van der Waals surface area contributed by atoms with Crippen LogP contribution in [0.3, 0.4) is 0 Å². The van der Waals surface area contributed by atoms with Gasteiger partial charge in [0.1, 0.15) is 5.75 Å². The molecule has 0 aliphatic carbocycles. The van der Waals surface area contributed by atoms with Crippen LogP contribution in [0, 0.1) is 5.92 Å². The number of ether oxygens (including phenoxy) is 2. The van der Waals surface area contributed by atoms with Gasteiger partial charge in [0.25, 0.3) is 0 Å². The van der Waals surface area contributed by atoms with Crippen molar-refractivity contribution in [2.24, 2.45) is 5.92 Å². The minimum Gasteiger partial charge on any atom is -0.493 e. The van der Waals surface area contributed by atoms with Gasteiger partial charge in [0.2, 0.25) is 0 Å². The molecule has 0 bridgehead atoms. The van der Waals surface area contributed by atoms with E-state index in [4.69, 9.17) is 9.47 Å². The largest absolute Gasteiger partial charge is 0.493 e. The molecule has 0 saturated carbocycles. The van der Waals surface area contributed by atoms with Crippen molar-refractivity contribution in [2.45, 2.75) is 39.0 Å². The first-order valence-corrected chi connectivity index (χ1v) is 8.93. The Morgan fingerprint density at radius 2 is 2.29 bits per heavy atom. The Bertz CT molecular complexity index is 698. The first-order chi connectivity index (χ1) is 11.8. The highest BCUT2D eigenvalue weighted by Gasteiger charge is 2.30. The molecule has 2 aliphatic heterocycles. The summed E-state index contributed by atoms with van der Waals surface area (Å²) in [4.78, 5) is 0. The highest BCUT2D eigenvalue weighted by atomic mass is 16.5. The molecule has 1 aromatic carbocycles. The van der Waals surface area contributed by atoms with Crippen molar-refractivity contribution in [3.05, 3.63) is 47.3 Å². The van der Waals surface area contributed by atoms with Crippen molar-refractivity contribution in [2.75, 3.05) is 19.8 Å². The summed E-state index contributed by atoms with van der Waals surface area (Å²) in [7, 11) is 0. The molecular weight excluding hydrogens is 302 g/mol. The number of nitrogens with zero attached hydrogens (tertiary/aromatic N) is 2. The maximum atomic E-state index is 5.96. The zero-order chi connectivity index (χ0) is 16.4. The summed E-state index contributed by atoms with van der Waals surface area (Å²) in [5, 5.41) is 7.99. The molecule has 0 spiro atoms. The van der Waals surface area contributed by atoms with Crippen molar-refractivity contribution in [3.8, 4) is 5.75 Å². The van der Waals surface area contributed by atoms with Gasteiger partial charge in [0.05, 0.1) is 18.9 Å². The number of hydrogen-bond acceptors (Lipinski definition) is 4. The lowest BCUT2D eigenvalue weighted by atomic mass is 9.97. The third kappa shape index (κ3) is 3.19. The summed E-state index contributed by atoms with van der Waals surface area (Å²) in [6, 6.07) is 6.52. The van der Waals surface area contributed by atoms with Gasteiger partial charge >= 0.3 is 0 Å². The van der Waals surface area contributed by atoms with E-state index < -0.39 is 0 Å². The van der Waals surface area contributed by atoms with Crippen LogP contribution < -0.4 is 10.1 Å². The van der Waals surface area contributed by atoms with E-state index in [1.807, 2.05) is 10.9 Å². The Balaban J connectivity index is 1.33. The van der Waals surface area contributed by atoms with E-state index in [1.165, 1.54) is 16.7 Å². The van der Waals surface area contributed by atoms with Crippen LogP contribution in [-0.4, -0.2) is 29.5 Å². The number of aryl methyl sites for hydroxylation is 1. The standard InChI is InChI=1S/C19H25N3O2/c1-2-22-13-17(12-21-22)19-16(6-8-24-19)11-20-10-14-3-4-18-15(9-14)5-7-23-18/h3-4,9,12-13,16,19-20H,2,5-8,10-11H2,1H3/t16-,19+/m0/s1. The van der Waals surface area contributed by atoms with Crippen LogP contribution in [0.1, 0.15) is 36.1 Å². The first kappa shape index (κ1) is 15.7. The lowest BCUT2D eigenvalue weighted by Gasteiger charge is -2.18. The summed E-state index contributed by atoms with van der Waals surface area (Å²) < 4.78 is 13.5. The smallest absolute Gasteiger partial charge is 0.122 e. The van der Waals surface area contributed by atoms with Gasteiger partial charge in [-0.2, -0.15) is 5.10 Å². The van der Waals surface area contributed by atoms with Gasteiger partial charge in [-0.25, -0.2) is 0 Å². The molecule has 3 heterocycles. The molecule has 0 amide bonds. The average molecular weight is 327 g/mol. The van der Waals surface area contributed by atoms with E-state index in [-0.39, 0.29) is 6.10 Å². The zero-order valence-corrected chi connectivity index (χ0v) is 14.2. The maximum Gasteiger partial charge on any atom is 0.122 e. The van der Waals surface area contributed by atoms with Crippen LogP contribution in [0.4, 0.5) is 0 Å². The highest BCUT2D eigenvalue weighted by Crippen LogP contribution is 2.34. The summed E-state index contributed by atoms with van der Waals surface area (Å²) in [6.45, 7) is 6.52. The molecule has 0 radical (unpaired) electrons. The molecule has 1 N–H and O–H groups in total. The van der Waals surface area contributed by atoms with Crippen LogP contribution in [-0.2, 0) is 24.2 Å². The molecular formula is C19H25N3O2. The summed E-state index contributed by atoms with van der Waals surface area (Å²) in [5.74, 6) is 1.56. The van der Waals surface area contributed by atoms with Crippen LogP contribution in [0.2, 0.25) is 0 Å². The van der Waals surface area contributed by atoms with E-state index in [2.05, 4.69) is 41.7 Å². The Kier molecular flexibility index (Phi) is 4.54. The topological polar surface area (TPSA) is 48.3 Å². The van der Waals surface area contributed by atoms with E-state index in [0.717, 1.165) is 51.4 Å². The van der Waals surface area contributed by atoms with Gasteiger partial charge in [-0.3, -0.25) is 4.68 Å². The van der Waals surface area contributed by atoms with E-state index in [9.17, 15) is 0 Å². The summed E-state index contributed by atoms with van der Waals surface area (Å²) in [5.41, 5.74) is 3.87. The van der Waals surface area contributed by atoms with Crippen molar-refractivity contribution in [1.82, 2.24) is 15.1 Å². The Hall–Kier alpha value is -1.85. The normalized spacial score (nSPS) is 22.5. The number of aromatic nitrogens is 2. The number of rotatable bonds is 6. The van der Waals surface area contributed by atoms with Crippen LogP contribution in [0.25, 0.3) is 0 Å².